The third-order valence-corrected chi connectivity index (χ3v) is 4.76. The van der Waals surface area contributed by atoms with Gasteiger partial charge in [0, 0.05) is 15.9 Å². The van der Waals surface area contributed by atoms with Crippen LogP contribution in [0.3, 0.4) is 0 Å². The number of halogens is 1. The van der Waals surface area contributed by atoms with E-state index in [-0.39, 0.29) is 17.9 Å². The van der Waals surface area contributed by atoms with Gasteiger partial charge >= 0.3 is 0 Å². The first-order valence-corrected chi connectivity index (χ1v) is 8.01. The molecule has 0 bridgehead atoms. The first-order valence-electron chi connectivity index (χ1n) is 6.34. The summed E-state index contributed by atoms with van der Waals surface area (Å²) in [6.07, 6.45) is 0. The highest BCUT2D eigenvalue weighted by Crippen LogP contribution is 2.32. The molecule has 0 saturated heterocycles. The summed E-state index contributed by atoms with van der Waals surface area (Å²) in [6, 6.07) is 5.15. The van der Waals surface area contributed by atoms with Gasteiger partial charge < -0.3 is 5.32 Å². The van der Waals surface area contributed by atoms with Crippen molar-refractivity contribution in [2.45, 2.75) is 13.0 Å². The van der Waals surface area contributed by atoms with Crippen molar-refractivity contribution < 1.29 is 9.59 Å². The number of hydrogen-bond donors (Lipinski definition) is 1. The van der Waals surface area contributed by atoms with Crippen molar-refractivity contribution in [1.29, 1.82) is 0 Å². The molecule has 21 heavy (non-hydrogen) atoms. The molecule has 3 rings (SSSR count). The molecule has 1 aromatic heterocycles. The molecule has 108 valence electrons. The lowest BCUT2D eigenvalue weighted by Gasteiger charge is -2.10. The minimum Gasteiger partial charge on any atom is -0.312 e. The van der Waals surface area contributed by atoms with E-state index in [0.717, 1.165) is 15.1 Å². The van der Waals surface area contributed by atoms with Gasteiger partial charge in [0.05, 0.1) is 16.8 Å². The SMILES string of the molecule is CNC(C)c1csc(N2C(=O)c3ccc(Br)cc3C2=O)n1. The van der Waals surface area contributed by atoms with E-state index in [2.05, 4.69) is 26.2 Å². The van der Waals surface area contributed by atoms with Crippen molar-refractivity contribution in [3.63, 3.8) is 0 Å². The largest absolute Gasteiger partial charge is 0.312 e. The normalized spacial score (nSPS) is 15.5. The van der Waals surface area contributed by atoms with Crippen LogP contribution in [0.4, 0.5) is 5.13 Å². The second-order valence-corrected chi connectivity index (χ2v) is 6.45. The summed E-state index contributed by atoms with van der Waals surface area (Å²) in [4.78, 5) is 30.4. The van der Waals surface area contributed by atoms with Crippen molar-refractivity contribution in [2.24, 2.45) is 0 Å². The van der Waals surface area contributed by atoms with Gasteiger partial charge in [0.1, 0.15) is 0 Å². The number of nitrogens with one attached hydrogen (secondary N) is 1. The fourth-order valence-electron chi connectivity index (χ4n) is 2.11. The number of anilines is 1. The summed E-state index contributed by atoms with van der Waals surface area (Å²) in [5, 5.41) is 5.35. The van der Waals surface area contributed by atoms with E-state index in [1.165, 1.54) is 11.3 Å². The van der Waals surface area contributed by atoms with E-state index in [9.17, 15) is 9.59 Å². The number of aromatic nitrogens is 1. The van der Waals surface area contributed by atoms with E-state index < -0.39 is 0 Å². The molecule has 1 N–H and O–H groups in total. The van der Waals surface area contributed by atoms with E-state index in [0.29, 0.717) is 16.3 Å². The molecule has 0 spiro atoms. The minimum atomic E-state index is -0.325. The molecule has 0 aliphatic carbocycles. The topological polar surface area (TPSA) is 62.3 Å². The molecule has 0 saturated carbocycles. The number of thiazole rings is 1. The minimum absolute atomic E-state index is 0.0688. The van der Waals surface area contributed by atoms with Crippen LogP contribution in [0.5, 0.6) is 0 Å². The fraction of sp³-hybridized carbons (Fsp3) is 0.214. The summed E-state index contributed by atoms with van der Waals surface area (Å²) in [5.74, 6) is -0.644. The Morgan fingerprint density at radius 3 is 2.71 bits per heavy atom. The predicted molar refractivity (Wildman–Crippen MR) is 84.9 cm³/mol. The maximum Gasteiger partial charge on any atom is 0.268 e. The Morgan fingerprint density at radius 1 is 1.29 bits per heavy atom. The highest BCUT2D eigenvalue weighted by molar-refractivity contribution is 9.10. The Bertz CT molecular complexity index is 744. The Labute approximate surface area is 134 Å². The average Bonchev–Trinajstić information content (AvgIpc) is 3.03. The first kappa shape index (κ1) is 14.4. The van der Waals surface area contributed by atoms with Crippen LogP contribution in [-0.2, 0) is 0 Å². The third kappa shape index (κ3) is 2.31. The van der Waals surface area contributed by atoms with Gasteiger partial charge in [-0.3, -0.25) is 9.59 Å². The number of rotatable bonds is 3. The van der Waals surface area contributed by atoms with Crippen molar-refractivity contribution >= 4 is 44.2 Å². The summed E-state index contributed by atoms with van der Waals surface area (Å²) < 4.78 is 0.771. The van der Waals surface area contributed by atoms with Crippen LogP contribution in [-0.4, -0.2) is 23.8 Å². The lowest BCUT2D eigenvalue weighted by Crippen LogP contribution is -2.29. The van der Waals surface area contributed by atoms with E-state index in [4.69, 9.17) is 0 Å². The number of carbonyl (C=O) groups is 2. The van der Waals surface area contributed by atoms with Crippen molar-refractivity contribution in [3.05, 3.63) is 44.9 Å². The second-order valence-electron chi connectivity index (χ2n) is 4.70. The third-order valence-electron chi connectivity index (χ3n) is 3.43. The lowest BCUT2D eigenvalue weighted by atomic mass is 10.1. The molecular weight excluding hydrogens is 354 g/mol. The van der Waals surface area contributed by atoms with E-state index >= 15 is 0 Å². The summed E-state index contributed by atoms with van der Waals surface area (Å²) in [5.41, 5.74) is 1.64. The van der Waals surface area contributed by atoms with Crippen LogP contribution in [0.25, 0.3) is 0 Å². The van der Waals surface area contributed by atoms with Crippen LogP contribution in [0.2, 0.25) is 0 Å². The van der Waals surface area contributed by atoms with Crippen LogP contribution >= 0.6 is 27.3 Å². The predicted octanol–water partition coefficient (Wildman–Crippen LogP) is 2.99. The van der Waals surface area contributed by atoms with Crippen molar-refractivity contribution in [2.75, 3.05) is 11.9 Å². The van der Waals surface area contributed by atoms with Crippen LogP contribution < -0.4 is 10.2 Å². The number of hydrogen-bond acceptors (Lipinski definition) is 5. The number of benzene rings is 1. The lowest BCUT2D eigenvalue weighted by molar-refractivity contribution is 0.0926. The maximum atomic E-state index is 12.4. The zero-order valence-corrected chi connectivity index (χ0v) is 13.8. The monoisotopic (exact) mass is 365 g/mol. The molecule has 2 heterocycles. The van der Waals surface area contributed by atoms with Crippen LogP contribution in [0, 0.1) is 0 Å². The summed E-state index contributed by atoms with van der Waals surface area (Å²) >= 11 is 4.61. The Morgan fingerprint density at radius 2 is 2.00 bits per heavy atom. The molecule has 1 aromatic carbocycles. The zero-order chi connectivity index (χ0) is 15.1. The molecule has 0 radical (unpaired) electrons. The fourth-order valence-corrected chi connectivity index (χ4v) is 3.39. The number of carbonyl (C=O) groups excluding carboxylic acids is 2. The van der Waals surface area contributed by atoms with Crippen LogP contribution in [0.1, 0.15) is 39.4 Å². The Hall–Kier alpha value is -1.57. The van der Waals surface area contributed by atoms with Gasteiger partial charge in [-0.05, 0) is 32.2 Å². The zero-order valence-electron chi connectivity index (χ0n) is 11.4. The van der Waals surface area contributed by atoms with E-state index in [1.54, 1.807) is 18.2 Å². The van der Waals surface area contributed by atoms with Crippen molar-refractivity contribution in [1.82, 2.24) is 10.3 Å². The molecule has 7 heteroatoms. The molecule has 1 atom stereocenters. The number of amides is 2. The molecule has 2 aromatic rings. The molecule has 5 nitrogen and oxygen atoms in total. The van der Waals surface area contributed by atoms with Gasteiger partial charge in [0.2, 0.25) is 0 Å². The Balaban J connectivity index is 2.00. The Kier molecular flexibility index (Phi) is 3.64. The molecule has 2 amide bonds. The van der Waals surface area contributed by atoms with Gasteiger partial charge in [-0.15, -0.1) is 11.3 Å². The highest BCUT2D eigenvalue weighted by Gasteiger charge is 2.38. The van der Waals surface area contributed by atoms with Crippen molar-refractivity contribution in [3.8, 4) is 0 Å². The highest BCUT2D eigenvalue weighted by atomic mass is 79.9. The number of nitrogens with zero attached hydrogens (tertiary/aromatic N) is 2. The van der Waals surface area contributed by atoms with Gasteiger partial charge in [0.25, 0.3) is 11.8 Å². The van der Waals surface area contributed by atoms with E-state index in [1.807, 2.05) is 19.4 Å². The molecule has 0 fully saturated rings. The molecule has 1 aliphatic heterocycles. The van der Waals surface area contributed by atoms with Gasteiger partial charge in [-0.1, -0.05) is 15.9 Å². The maximum absolute atomic E-state index is 12.4. The van der Waals surface area contributed by atoms with Gasteiger partial charge in [-0.25, -0.2) is 9.88 Å². The quantitative estimate of drug-likeness (QED) is 0.849. The molecule has 1 aliphatic rings. The van der Waals surface area contributed by atoms with Gasteiger partial charge in [0.15, 0.2) is 5.13 Å². The summed E-state index contributed by atoms with van der Waals surface area (Å²) in [7, 11) is 1.84. The second kappa shape index (κ2) is 5.32. The van der Waals surface area contributed by atoms with Crippen LogP contribution in [0.15, 0.2) is 28.1 Å². The molecular formula is C14H12BrN3O2S. The smallest absolute Gasteiger partial charge is 0.268 e. The number of imide groups is 1. The molecule has 1 unspecified atom stereocenters. The standard InChI is InChI=1S/C14H12BrN3O2S/c1-7(16-2)11-6-21-14(17-11)18-12(19)9-4-3-8(15)5-10(9)13(18)20/h3-7,16H,1-2H3. The number of fused-ring (bicyclic) bond motifs is 1. The average molecular weight is 366 g/mol. The first-order chi connectivity index (χ1) is 10.0. The van der Waals surface area contributed by atoms with Gasteiger partial charge in [-0.2, -0.15) is 0 Å². The summed E-state index contributed by atoms with van der Waals surface area (Å²) in [6.45, 7) is 1.97.